The van der Waals surface area contributed by atoms with Crippen LogP contribution in [0, 0.1) is 9.39 Å². The Morgan fingerprint density at radius 1 is 1.50 bits per heavy atom. The standard InChI is InChI=1S/C9H5FINO2/c10-4-1-2-5-6(3-4)12-8(7(5)11)9(13)14/h1-3,12H,(H,13,14). The van der Waals surface area contributed by atoms with Crippen LogP contribution in [0.5, 0.6) is 0 Å². The molecule has 72 valence electrons. The van der Waals surface area contributed by atoms with Crippen LogP contribution in [0.2, 0.25) is 0 Å². The maximum Gasteiger partial charge on any atom is 0.353 e. The van der Waals surface area contributed by atoms with Gasteiger partial charge in [-0.05, 0) is 40.8 Å². The molecule has 0 saturated carbocycles. The van der Waals surface area contributed by atoms with Crippen molar-refractivity contribution in [2.45, 2.75) is 0 Å². The Balaban J connectivity index is 2.79. The minimum Gasteiger partial charge on any atom is -0.477 e. The molecule has 2 aromatic rings. The average molecular weight is 305 g/mol. The lowest BCUT2D eigenvalue weighted by Crippen LogP contribution is -1.97. The molecule has 0 spiro atoms. The number of carboxylic acid groups (broad SMARTS) is 1. The fourth-order valence-corrected chi connectivity index (χ4v) is 2.12. The van der Waals surface area contributed by atoms with Gasteiger partial charge in [0.05, 0.1) is 9.09 Å². The Morgan fingerprint density at radius 2 is 2.21 bits per heavy atom. The van der Waals surface area contributed by atoms with Crippen LogP contribution in [0.25, 0.3) is 10.9 Å². The number of aromatic carboxylic acids is 1. The number of H-pyrrole nitrogens is 1. The molecule has 0 aliphatic carbocycles. The number of fused-ring (bicyclic) bond motifs is 1. The zero-order valence-electron chi connectivity index (χ0n) is 6.84. The van der Waals surface area contributed by atoms with Crippen molar-refractivity contribution in [1.82, 2.24) is 4.98 Å². The van der Waals surface area contributed by atoms with Crippen molar-refractivity contribution in [2.75, 3.05) is 0 Å². The summed E-state index contributed by atoms with van der Waals surface area (Å²) in [6.07, 6.45) is 0. The molecule has 0 radical (unpaired) electrons. The van der Waals surface area contributed by atoms with Gasteiger partial charge >= 0.3 is 5.97 Å². The van der Waals surface area contributed by atoms with Crippen molar-refractivity contribution < 1.29 is 14.3 Å². The van der Waals surface area contributed by atoms with Crippen LogP contribution in [0.3, 0.4) is 0 Å². The maximum absolute atomic E-state index is 12.8. The van der Waals surface area contributed by atoms with Crippen LogP contribution in [-0.4, -0.2) is 16.1 Å². The summed E-state index contributed by atoms with van der Waals surface area (Å²) in [5.74, 6) is -1.42. The molecule has 1 aromatic carbocycles. The average Bonchev–Trinajstić information content (AvgIpc) is 2.43. The fraction of sp³-hybridized carbons (Fsp3) is 0. The molecule has 1 aromatic heterocycles. The Bertz CT molecular complexity index is 521. The molecular weight excluding hydrogens is 300 g/mol. The number of rotatable bonds is 1. The molecule has 1 heterocycles. The van der Waals surface area contributed by atoms with Crippen molar-refractivity contribution in [3.8, 4) is 0 Å². The molecule has 0 saturated heterocycles. The van der Waals surface area contributed by atoms with E-state index in [4.69, 9.17) is 5.11 Å². The van der Waals surface area contributed by atoms with Gasteiger partial charge in [-0.2, -0.15) is 0 Å². The van der Waals surface area contributed by atoms with E-state index in [9.17, 15) is 9.18 Å². The molecular formula is C9H5FINO2. The first-order valence-corrected chi connectivity index (χ1v) is 4.87. The van der Waals surface area contributed by atoms with Crippen LogP contribution in [0.1, 0.15) is 10.5 Å². The minimum absolute atomic E-state index is 0.103. The number of benzene rings is 1. The Morgan fingerprint density at radius 3 is 2.86 bits per heavy atom. The number of aromatic nitrogens is 1. The van der Waals surface area contributed by atoms with E-state index in [1.807, 2.05) is 22.6 Å². The molecule has 2 N–H and O–H groups in total. The molecule has 0 aliphatic heterocycles. The van der Waals surface area contributed by atoms with E-state index in [-0.39, 0.29) is 11.5 Å². The third-order valence-corrected chi connectivity index (χ3v) is 3.03. The van der Waals surface area contributed by atoms with Crippen molar-refractivity contribution in [1.29, 1.82) is 0 Å². The van der Waals surface area contributed by atoms with E-state index in [2.05, 4.69) is 4.98 Å². The summed E-state index contributed by atoms with van der Waals surface area (Å²) >= 11 is 1.93. The fourth-order valence-electron chi connectivity index (χ4n) is 1.28. The summed E-state index contributed by atoms with van der Waals surface area (Å²) in [6, 6.07) is 4.16. The Hall–Kier alpha value is -1.11. The van der Waals surface area contributed by atoms with Gasteiger partial charge in [-0.1, -0.05) is 0 Å². The normalized spacial score (nSPS) is 10.7. The van der Waals surface area contributed by atoms with Gasteiger partial charge in [-0.25, -0.2) is 9.18 Å². The second-order valence-corrected chi connectivity index (χ2v) is 3.89. The summed E-state index contributed by atoms with van der Waals surface area (Å²) in [5.41, 5.74) is 0.609. The second-order valence-electron chi connectivity index (χ2n) is 2.81. The molecule has 0 atom stereocenters. The first-order chi connectivity index (χ1) is 6.59. The number of halogens is 2. The van der Waals surface area contributed by atoms with Crippen molar-refractivity contribution in [2.24, 2.45) is 0 Å². The highest BCUT2D eigenvalue weighted by Crippen LogP contribution is 2.24. The minimum atomic E-state index is -1.04. The summed E-state index contributed by atoms with van der Waals surface area (Å²) in [5, 5.41) is 9.53. The highest BCUT2D eigenvalue weighted by atomic mass is 127. The van der Waals surface area contributed by atoms with Gasteiger partial charge in [0, 0.05) is 5.39 Å². The van der Waals surface area contributed by atoms with Crippen LogP contribution < -0.4 is 0 Å². The van der Waals surface area contributed by atoms with Crippen molar-refractivity contribution in [3.63, 3.8) is 0 Å². The molecule has 0 fully saturated rings. The summed E-state index contributed by atoms with van der Waals surface area (Å²) < 4.78 is 13.4. The molecule has 0 bridgehead atoms. The topological polar surface area (TPSA) is 53.1 Å². The lowest BCUT2D eigenvalue weighted by atomic mass is 10.2. The monoisotopic (exact) mass is 305 g/mol. The predicted octanol–water partition coefficient (Wildman–Crippen LogP) is 2.61. The van der Waals surface area contributed by atoms with Gasteiger partial charge in [0.15, 0.2) is 0 Å². The largest absolute Gasteiger partial charge is 0.477 e. The third kappa shape index (κ3) is 1.37. The molecule has 3 nitrogen and oxygen atoms in total. The zero-order valence-corrected chi connectivity index (χ0v) is 9.00. The number of carboxylic acids is 1. The number of carbonyl (C=O) groups is 1. The van der Waals surface area contributed by atoms with Crippen molar-refractivity contribution in [3.05, 3.63) is 33.3 Å². The quantitative estimate of drug-likeness (QED) is 0.796. The first kappa shape index (κ1) is 9.45. The highest BCUT2D eigenvalue weighted by molar-refractivity contribution is 14.1. The van der Waals surface area contributed by atoms with Gasteiger partial charge in [-0.15, -0.1) is 0 Å². The van der Waals surface area contributed by atoms with Crippen LogP contribution in [0.4, 0.5) is 4.39 Å². The predicted molar refractivity (Wildman–Crippen MR) is 57.9 cm³/mol. The molecule has 0 unspecified atom stereocenters. The van der Waals surface area contributed by atoms with Crippen LogP contribution in [-0.2, 0) is 0 Å². The summed E-state index contributed by atoms with van der Waals surface area (Å²) in [7, 11) is 0. The van der Waals surface area contributed by atoms with E-state index in [0.29, 0.717) is 9.09 Å². The summed E-state index contributed by atoms with van der Waals surface area (Å²) in [4.78, 5) is 13.4. The molecule has 0 amide bonds. The zero-order chi connectivity index (χ0) is 10.3. The smallest absolute Gasteiger partial charge is 0.353 e. The highest BCUT2D eigenvalue weighted by Gasteiger charge is 2.14. The van der Waals surface area contributed by atoms with E-state index >= 15 is 0 Å². The maximum atomic E-state index is 12.8. The lowest BCUT2D eigenvalue weighted by Gasteiger charge is -1.89. The Labute approximate surface area is 92.1 Å². The van der Waals surface area contributed by atoms with Crippen LogP contribution in [0.15, 0.2) is 18.2 Å². The van der Waals surface area contributed by atoms with Gasteiger partial charge in [0.25, 0.3) is 0 Å². The SMILES string of the molecule is O=C(O)c1[nH]c2cc(F)ccc2c1I. The van der Waals surface area contributed by atoms with Crippen LogP contribution >= 0.6 is 22.6 Å². The number of aromatic amines is 1. The van der Waals surface area contributed by atoms with E-state index in [1.54, 1.807) is 6.07 Å². The Kier molecular flexibility index (Phi) is 2.18. The number of hydrogen-bond donors (Lipinski definition) is 2. The van der Waals surface area contributed by atoms with Gasteiger partial charge in [-0.3, -0.25) is 0 Å². The van der Waals surface area contributed by atoms with E-state index < -0.39 is 5.97 Å². The van der Waals surface area contributed by atoms with E-state index in [1.165, 1.54) is 12.1 Å². The van der Waals surface area contributed by atoms with Gasteiger partial charge in [0.1, 0.15) is 11.5 Å². The lowest BCUT2D eigenvalue weighted by molar-refractivity contribution is 0.0690. The second kappa shape index (κ2) is 3.23. The number of nitrogens with one attached hydrogen (secondary N) is 1. The van der Waals surface area contributed by atoms with E-state index in [0.717, 1.165) is 5.39 Å². The molecule has 14 heavy (non-hydrogen) atoms. The molecule has 2 rings (SSSR count). The molecule has 0 aliphatic rings. The third-order valence-electron chi connectivity index (χ3n) is 1.91. The summed E-state index contributed by atoms with van der Waals surface area (Å²) in [6.45, 7) is 0. The number of hydrogen-bond acceptors (Lipinski definition) is 1. The van der Waals surface area contributed by atoms with Gasteiger partial charge in [0.2, 0.25) is 0 Å². The molecule has 5 heteroatoms. The first-order valence-electron chi connectivity index (χ1n) is 3.79. The van der Waals surface area contributed by atoms with Gasteiger partial charge < -0.3 is 10.1 Å². The van der Waals surface area contributed by atoms with Crippen molar-refractivity contribution >= 4 is 39.5 Å².